The van der Waals surface area contributed by atoms with Crippen molar-refractivity contribution in [1.29, 1.82) is 0 Å². The number of hydrogen-bond acceptors (Lipinski definition) is 0. The summed E-state index contributed by atoms with van der Waals surface area (Å²) >= 11 is 0. The Morgan fingerprint density at radius 3 is 2.46 bits per heavy atom. The molecule has 0 N–H and O–H groups in total. The fourth-order valence-electron chi connectivity index (χ4n) is 1.86. The zero-order valence-electron chi connectivity index (χ0n) is 9.22. The molecule has 0 aliphatic heterocycles. The number of rotatable bonds is 3. The van der Waals surface area contributed by atoms with Crippen molar-refractivity contribution in [2.75, 3.05) is 0 Å². The lowest BCUT2D eigenvalue weighted by atomic mass is 9.91. The van der Waals surface area contributed by atoms with E-state index >= 15 is 0 Å². The van der Waals surface area contributed by atoms with Gasteiger partial charge >= 0.3 is 0 Å². The summed E-state index contributed by atoms with van der Waals surface area (Å²) < 4.78 is 0. The van der Waals surface area contributed by atoms with Crippen LogP contribution in [-0.4, -0.2) is 0 Å². The molecule has 1 rings (SSSR count). The van der Waals surface area contributed by atoms with Gasteiger partial charge in [0.15, 0.2) is 0 Å². The first-order chi connectivity index (χ1) is 6.16. The maximum atomic E-state index is 2.27. The summed E-state index contributed by atoms with van der Waals surface area (Å²) in [6, 6.07) is 6.66. The van der Waals surface area contributed by atoms with Crippen LogP contribution in [0.25, 0.3) is 0 Å². The van der Waals surface area contributed by atoms with Crippen molar-refractivity contribution in [2.24, 2.45) is 0 Å². The van der Waals surface area contributed by atoms with Crippen LogP contribution < -0.4 is 0 Å². The van der Waals surface area contributed by atoms with Gasteiger partial charge in [0.25, 0.3) is 0 Å². The highest BCUT2D eigenvalue weighted by Gasteiger charge is 2.07. The standard InChI is InChI=1S/C13H20/c1-5-7-13-11(4)8-6-9-12(13)10(2)3/h6,8-10H,5,7H2,1-4H3. The van der Waals surface area contributed by atoms with E-state index in [0.29, 0.717) is 5.92 Å². The predicted octanol–water partition coefficient (Wildman–Crippen LogP) is 4.07. The lowest BCUT2D eigenvalue weighted by molar-refractivity contribution is 0.815. The maximum Gasteiger partial charge on any atom is -0.0216 e. The monoisotopic (exact) mass is 176 g/mol. The molecule has 0 saturated heterocycles. The van der Waals surface area contributed by atoms with Gasteiger partial charge in [-0.3, -0.25) is 0 Å². The molecule has 0 saturated carbocycles. The second-order valence-electron chi connectivity index (χ2n) is 4.05. The van der Waals surface area contributed by atoms with Gasteiger partial charge in [-0.25, -0.2) is 0 Å². The molecule has 0 aliphatic carbocycles. The Kier molecular flexibility index (Phi) is 3.53. The third-order valence-electron chi connectivity index (χ3n) is 2.57. The fraction of sp³-hybridized carbons (Fsp3) is 0.538. The number of benzene rings is 1. The molecule has 0 radical (unpaired) electrons. The molecular formula is C13H20. The Labute approximate surface area is 82.0 Å². The van der Waals surface area contributed by atoms with E-state index in [1.165, 1.54) is 24.0 Å². The van der Waals surface area contributed by atoms with Crippen LogP contribution in [-0.2, 0) is 6.42 Å². The molecule has 0 unspecified atom stereocenters. The van der Waals surface area contributed by atoms with E-state index in [9.17, 15) is 0 Å². The van der Waals surface area contributed by atoms with Gasteiger partial charge in [0, 0.05) is 0 Å². The number of aryl methyl sites for hydroxylation is 1. The molecule has 0 aliphatic rings. The minimum Gasteiger partial charge on any atom is -0.0651 e. The molecule has 0 amide bonds. The number of hydrogen-bond donors (Lipinski definition) is 0. The third-order valence-corrected chi connectivity index (χ3v) is 2.57. The molecule has 1 aromatic carbocycles. The second kappa shape index (κ2) is 4.45. The topological polar surface area (TPSA) is 0 Å². The smallest absolute Gasteiger partial charge is 0.0216 e. The van der Waals surface area contributed by atoms with Crippen molar-refractivity contribution < 1.29 is 0 Å². The zero-order valence-corrected chi connectivity index (χ0v) is 9.22. The van der Waals surface area contributed by atoms with Crippen molar-refractivity contribution in [3.8, 4) is 0 Å². The Morgan fingerprint density at radius 1 is 1.23 bits per heavy atom. The van der Waals surface area contributed by atoms with Crippen LogP contribution in [0.15, 0.2) is 18.2 Å². The van der Waals surface area contributed by atoms with Crippen LogP contribution >= 0.6 is 0 Å². The summed E-state index contributed by atoms with van der Waals surface area (Å²) in [5, 5.41) is 0. The Morgan fingerprint density at radius 2 is 1.92 bits per heavy atom. The summed E-state index contributed by atoms with van der Waals surface area (Å²) in [6.45, 7) is 9.01. The quantitative estimate of drug-likeness (QED) is 0.651. The lowest BCUT2D eigenvalue weighted by Crippen LogP contribution is -1.98. The zero-order chi connectivity index (χ0) is 9.84. The maximum absolute atomic E-state index is 2.27. The lowest BCUT2D eigenvalue weighted by Gasteiger charge is -2.14. The first kappa shape index (κ1) is 10.3. The van der Waals surface area contributed by atoms with Gasteiger partial charge in [0.2, 0.25) is 0 Å². The first-order valence-electron chi connectivity index (χ1n) is 5.25. The first-order valence-corrected chi connectivity index (χ1v) is 5.25. The highest BCUT2D eigenvalue weighted by Crippen LogP contribution is 2.23. The van der Waals surface area contributed by atoms with E-state index in [2.05, 4.69) is 45.9 Å². The molecule has 0 aromatic heterocycles. The average molecular weight is 176 g/mol. The van der Waals surface area contributed by atoms with Crippen molar-refractivity contribution in [3.05, 3.63) is 34.9 Å². The average Bonchev–Trinajstić information content (AvgIpc) is 2.08. The predicted molar refractivity (Wildman–Crippen MR) is 59.3 cm³/mol. The molecule has 0 atom stereocenters. The molecular weight excluding hydrogens is 156 g/mol. The Bertz CT molecular complexity index is 271. The van der Waals surface area contributed by atoms with Gasteiger partial charge < -0.3 is 0 Å². The molecule has 1 aromatic rings. The fourth-order valence-corrected chi connectivity index (χ4v) is 1.86. The van der Waals surface area contributed by atoms with Crippen molar-refractivity contribution in [1.82, 2.24) is 0 Å². The van der Waals surface area contributed by atoms with Gasteiger partial charge in [0.1, 0.15) is 0 Å². The summed E-state index contributed by atoms with van der Waals surface area (Å²) in [5.74, 6) is 0.654. The van der Waals surface area contributed by atoms with Gasteiger partial charge in [-0.2, -0.15) is 0 Å². The van der Waals surface area contributed by atoms with Gasteiger partial charge in [-0.1, -0.05) is 45.4 Å². The van der Waals surface area contributed by atoms with Crippen LogP contribution in [0.1, 0.15) is 49.8 Å². The van der Waals surface area contributed by atoms with Crippen LogP contribution in [0.3, 0.4) is 0 Å². The normalized spacial score (nSPS) is 10.8. The summed E-state index contributed by atoms with van der Waals surface area (Å²) in [6.07, 6.45) is 2.46. The molecule has 0 spiro atoms. The molecule has 0 heteroatoms. The van der Waals surface area contributed by atoms with Crippen LogP contribution in [0, 0.1) is 6.92 Å². The van der Waals surface area contributed by atoms with Crippen molar-refractivity contribution >= 4 is 0 Å². The van der Waals surface area contributed by atoms with E-state index in [-0.39, 0.29) is 0 Å². The molecule has 72 valence electrons. The Hall–Kier alpha value is -0.780. The summed E-state index contributed by atoms with van der Waals surface area (Å²) in [5.41, 5.74) is 4.55. The SMILES string of the molecule is CCCc1c(C)cccc1C(C)C. The van der Waals surface area contributed by atoms with Crippen molar-refractivity contribution in [3.63, 3.8) is 0 Å². The molecule has 0 fully saturated rings. The van der Waals surface area contributed by atoms with E-state index < -0.39 is 0 Å². The van der Waals surface area contributed by atoms with E-state index in [4.69, 9.17) is 0 Å². The Balaban J connectivity index is 3.09. The highest BCUT2D eigenvalue weighted by atomic mass is 14.1. The minimum atomic E-state index is 0.654. The molecule has 0 nitrogen and oxygen atoms in total. The highest BCUT2D eigenvalue weighted by molar-refractivity contribution is 5.36. The summed E-state index contributed by atoms with van der Waals surface area (Å²) in [7, 11) is 0. The third kappa shape index (κ3) is 2.33. The van der Waals surface area contributed by atoms with Crippen LogP contribution in [0.5, 0.6) is 0 Å². The van der Waals surface area contributed by atoms with E-state index in [1.54, 1.807) is 5.56 Å². The molecule has 13 heavy (non-hydrogen) atoms. The van der Waals surface area contributed by atoms with Crippen LogP contribution in [0.2, 0.25) is 0 Å². The van der Waals surface area contributed by atoms with E-state index in [0.717, 1.165) is 0 Å². The molecule has 0 bridgehead atoms. The molecule has 0 heterocycles. The minimum absolute atomic E-state index is 0.654. The van der Waals surface area contributed by atoms with Crippen molar-refractivity contribution in [2.45, 2.75) is 46.5 Å². The largest absolute Gasteiger partial charge is 0.0651 e. The van der Waals surface area contributed by atoms with Gasteiger partial charge in [0.05, 0.1) is 0 Å². The second-order valence-corrected chi connectivity index (χ2v) is 4.05. The summed E-state index contributed by atoms with van der Waals surface area (Å²) in [4.78, 5) is 0. The van der Waals surface area contributed by atoms with Crippen LogP contribution in [0.4, 0.5) is 0 Å². The van der Waals surface area contributed by atoms with Gasteiger partial charge in [-0.05, 0) is 36.0 Å². The van der Waals surface area contributed by atoms with Gasteiger partial charge in [-0.15, -0.1) is 0 Å². The van der Waals surface area contributed by atoms with E-state index in [1.807, 2.05) is 0 Å².